The second kappa shape index (κ2) is 6.64. The minimum absolute atomic E-state index is 0.00760. The van der Waals surface area contributed by atoms with Crippen molar-refractivity contribution >= 4 is 23.5 Å². The Morgan fingerprint density at radius 1 is 1.38 bits per heavy atom. The van der Waals surface area contributed by atoms with Gasteiger partial charge >= 0.3 is 11.9 Å². The fraction of sp³-hybridized carbons (Fsp3) is 0.667. The fourth-order valence-corrected chi connectivity index (χ4v) is 3.84. The predicted molar refractivity (Wildman–Crippen MR) is 93.5 cm³/mol. The van der Waals surface area contributed by atoms with Gasteiger partial charge in [0, 0.05) is 19.5 Å². The topological polar surface area (TPSA) is 96.3 Å². The van der Waals surface area contributed by atoms with Crippen LogP contribution in [0.25, 0.3) is 0 Å². The SMILES string of the molecule is C=C1C[C@](O)([C@@H](C)Cl)C(=O)O[C@@H]2CCN3CC=C(COC(=O)[C@]1(C)O)[C@H]23. The first kappa shape index (κ1) is 19.4. The molecule has 0 aromatic heterocycles. The Hall–Kier alpha value is -1.41. The number of rotatable bonds is 1. The number of cyclic esters (lactones) is 1. The lowest BCUT2D eigenvalue weighted by atomic mass is 9.84. The summed E-state index contributed by atoms with van der Waals surface area (Å²) in [5.41, 5.74) is -3.43. The minimum Gasteiger partial charge on any atom is -0.459 e. The Labute approximate surface area is 157 Å². The van der Waals surface area contributed by atoms with Gasteiger partial charge in [0.15, 0.2) is 11.2 Å². The second-order valence-electron chi connectivity index (χ2n) is 7.42. The third kappa shape index (κ3) is 3.07. The zero-order chi connectivity index (χ0) is 19.3. The lowest BCUT2D eigenvalue weighted by Gasteiger charge is -2.35. The van der Waals surface area contributed by atoms with Gasteiger partial charge in [-0.2, -0.15) is 0 Å². The number of hydrogen-bond acceptors (Lipinski definition) is 7. The summed E-state index contributed by atoms with van der Waals surface area (Å²) < 4.78 is 10.9. The van der Waals surface area contributed by atoms with E-state index >= 15 is 0 Å². The first-order valence-corrected chi connectivity index (χ1v) is 9.09. The summed E-state index contributed by atoms with van der Waals surface area (Å²) in [6.07, 6.45) is 1.68. The molecule has 0 saturated carbocycles. The summed E-state index contributed by atoms with van der Waals surface area (Å²) in [6.45, 7) is 7.76. The molecule has 2 saturated heterocycles. The maximum atomic E-state index is 12.8. The highest BCUT2D eigenvalue weighted by atomic mass is 35.5. The van der Waals surface area contributed by atoms with Crippen LogP contribution in [0.15, 0.2) is 23.8 Å². The molecule has 0 spiro atoms. The number of hydrogen-bond donors (Lipinski definition) is 2. The molecular weight excluding hydrogens is 362 g/mol. The van der Waals surface area contributed by atoms with Gasteiger partial charge in [-0.15, -0.1) is 11.6 Å². The highest BCUT2D eigenvalue weighted by Crippen LogP contribution is 2.36. The zero-order valence-corrected chi connectivity index (χ0v) is 15.7. The van der Waals surface area contributed by atoms with E-state index in [0.29, 0.717) is 13.0 Å². The number of carbonyl (C=O) groups is 2. The monoisotopic (exact) mass is 385 g/mol. The summed E-state index contributed by atoms with van der Waals surface area (Å²) in [5, 5.41) is 20.4. The molecular formula is C18H24ClNO6. The average molecular weight is 386 g/mol. The molecule has 3 rings (SSSR count). The molecule has 0 radical (unpaired) electrons. The highest BCUT2D eigenvalue weighted by Gasteiger charge is 2.51. The fourth-order valence-electron chi connectivity index (χ4n) is 3.67. The third-order valence-electron chi connectivity index (χ3n) is 5.62. The summed E-state index contributed by atoms with van der Waals surface area (Å²) in [6, 6.07) is -0.200. The van der Waals surface area contributed by atoms with Crippen molar-refractivity contribution in [2.45, 2.75) is 55.4 Å². The van der Waals surface area contributed by atoms with Crippen molar-refractivity contribution in [2.75, 3.05) is 19.7 Å². The van der Waals surface area contributed by atoms with E-state index in [0.717, 1.165) is 12.1 Å². The van der Waals surface area contributed by atoms with E-state index in [2.05, 4.69) is 11.5 Å². The van der Waals surface area contributed by atoms with Gasteiger partial charge in [0.1, 0.15) is 12.7 Å². The summed E-state index contributed by atoms with van der Waals surface area (Å²) in [4.78, 5) is 27.3. The van der Waals surface area contributed by atoms with Crippen LogP contribution in [0.1, 0.15) is 26.7 Å². The second-order valence-corrected chi connectivity index (χ2v) is 8.07. The predicted octanol–water partition coefficient (Wildman–Crippen LogP) is 0.525. The van der Waals surface area contributed by atoms with E-state index in [1.807, 2.05) is 6.08 Å². The van der Waals surface area contributed by atoms with Crippen molar-refractivity contribution in [1.82, 2.24) is 4.90 Å². The standard InChI is InChI=1S/C18H24ClNO6/c1-10-8-18(24,11(2)19)16(22)26-13-5-7-20-6-4-12(14(13)20)9-25-15(21)17(10,3)23/h4,11,13-14,23-24H,1,5-9H2,2-3H3/t11-,13-,14-,17-,18+/m1/s1. The van der Waals surface area contributed by atoms with Gasteiger partial charge in [-0.05, 0) is 31.4 Å². The van der Waals surface area contributed by atoms with Crippen molar-refractivity contribution in [3.63, 3.8) is 0 Å². The first-order chi connectivity index (χ1) is 12.1. The molecule has 144 valence electrons. The molecule has 0 aliphatic carbocycles. The number of aliphatic hydroxyl groups is 2. The van der Waals surface area contributed by atoms with E-state index in [4.69, 9.17) is 21.1 Å². The molecule has 26 heavy (non-hydrogen) atoms. The lowest BCUT2D eigenvalue weighted by molar-refractivity contribution is -0.174. The maximum Gasteiger partial charge on any atom is 0.342 e. The molecule has 0 bridgehead atoms. The number of ether oxygens (including phenoxy) is 2. The quantitative estimate of drug-likeness (QED) is 0.386. The average Bonchev–Trinajstić information content (AvgIpc) is 3.14. The molecule has 3 heterocycles. The van der Waals surface area contributed by atoms with Gasteiger partial charge < -0.3 is 19.7 Å². The van der Waals surface area contributed by atoms with Crippen LogP contribution >= 0.6 is 11.6 Å². The van der Waals surface area contributed by atoms with Crippen molar-refractivity contribution in [3.8, 4) is 0 Å². The Morgan fingerprint density at radius 2 is 2.08 bits per heavy atom. The van der Waals surface area contributed by atoms with E-state index in [1.54, 1.807) is 0 Å². The molecule has 2 N–H and O–H groups in total. The Balaban J connectivity index is 1.98. The van der Waals surface area contributed by atoms with Gasteiger partial charge in [-0.3, -0.25) is 4.90 Å². The molecule has 7 nitrogen and oxygen atoms in total. The van der Waals surface area contributed by atoms with E-state index < -0.39 is 41.0 Å². The van der Waals surface area contributed by atoms with Gasteiger partial charge in [0.05, 0.1) is 11.4 Å². The molecule has 3 aliphatic rings. The molecule has 0 aromatic rings. The zero-order valence-electron chi connectivity index (χ0n) is 14.9. The molecule has 0 unspecified atom stereocenters. The van der Waals surface area contributed by atoms with Gasteiger partial charge in [0.25, 0.3) is 0 Å². The lowest BCUT2D eigenvalue weighted by Crippen LogP contribution is -2.52. The van der Waals surface area contributed by atoms with Crippen LogP contribution < -0.4 is 0 Å². The Bertz CT molecular complexity index is 673. The minimum atomic E-state index is -2.11. The van der Waals surface area contributed by atoms with Crippen molar-refractivity contribution in [3.05, 3.63) is 23.8 Å². The number of halogens is 1. The van der Waals surface area contributed by atoms with Crippen molar-refractivity contribution in [1.29, 1.82) is 0 Å². The van der Waals surface area contributed by atoms with Crippen LogP contribution in [-0.4, -0.2) is 75.5 Å². The maximum absolute atomic E-state index is 12.8. The Morgan fingerprint density at radius 3 is 2.73 bits per heavy atom. The van der Waals surface area contributed by atoms with Crippen molar-refractivity contribution in [2.24, 2.45) is 0 Å². The highest BCUT2D eigenvalue weighted by molar-refractivity contribution is 6.23. The van der Waals surface area contributed by atoms with Gasteiger partial charge in [-0.1, -0.05) is 12.7 Å². The van der Waals surface area contributed by atoms with Crippen LogP contribution in [0.2, 0.25) is 0 Å². The summed E-state index contributed by atoms with van der Waals surface area (Å²) in [7, 11) is 0. The van der Waals surface area contributed by atoms with Crippen molar-refractivity contribution < 1.29 is 29.3 Å². The molecule has 8 heteroatoms. The molecule has 5 atom stereocenters. The normalized spacial score (nSPS) is 40.0. The summed E-state index contributed by atoms with van der Waals surface area (Å²) >= 11 is 6.08. The van der Waals surface area contributed by atoms with Gasteiger partial charge in [0.2, 0.25) is 0 Å². The molecule has 0 aromatic carbocycles. The number of carbonyl (C=O) groups excluding carboxylic acids is 2. The Kier molecular flexibility index (Phi) is 4.94. The van der Waals surface area contributed by atoms with Gasteiger partial charge in [-0.25, -0.2) is 9.59 Å². The number of alkyl halides is 1. The van der Waals surface area contributed by atoms with Crippen LogP contribution in [0.3, 0.4) is 0 Å². The molecule has 2 fully saturated rings. The first-order valence-electron chi connectivity index (χ1n) is 8.65. The molecule has 3 aliphatic heterocycles. The van der Waals surface area contributed by atoms with Crippen LogP contribution in [0.5, 0.6) is 0 Å². The smallest absolute Gasteiger partial charge is 0.342 e. The van der Waals surface area contributed by atoms with E-state index in [9.17, 15) is 19.8 Å². The van der Waals surface area contributed by atoms with E-state index in [1.165, 1.54) is 13.8 Å². The van der Waals surface area contributed by atoms with Crippen LogP contribution in [0, 0.1) is 0 Å². The largest absolute Gasteiger partial charge is 0.459 e. The number of esters is 2. The van der Waals surface area contributed by atoms with Crippen LogP contribution in [-0.2, 0) is 19.1 Å². The van der Waals surface area contributed by atoms with Crippen LogP contribution in [0.4, 0.5) is 0 Å². The third-order valence-corrected chi connectivity index (χ3v) is 5.98. The number of nitrogens with zero attached hydrogens (tertiary/aromatic N) is 1. The summed E-state index contributed by atoms with van der Waals surface area (Å²) in [5.74, 6) is -1.75. The molecule has 0 amide bonds. The van der Waals surface area contributed by atoms with E-state index in [-0.39, 0.29) is 18.2 Å².